The molecule has 0 aromatic heterocycles. The largest absolute Gasteiger partial charge is 0.361 e. The molecule has 0 N–H and O–H groups in total. The molecule has 6 unspecified atom stereocenters. The summed E-state index contributed by atoms with van der Waals surface area (Å²) in [4.78, 5) is 0. The fourth-order valence-corrected chi connectivity index (χ4v) is 11.2. The first kappa shape index (κ1) is 16.1. The van der Waals surface area contributed by atoms with Gasteiger partial charge >= 0.3 is 0 Å². The molecular formula is C29H30O. The molecule has 0 radical (unpaired) electrons. The summed E-state index contributed by atoms with van der Waals surface area (Å²) in [5, 5.41) is 0. The van der Waals surface area contributed by atoms with Crippen molar-refractivity contribution in [1.29, 1.82) is 0 Å². The quantitative estimate of drug-likeness (QED) is 0.556. The Kier molecular flexibility index (Phi) is 2.63. The van der Waals surface area contributed by atoms with Gasteiger partial charge in [-0.05, 0) is 96.6 Å². The molecule has 1 heterocycles. The van der Waals surface area contributed by atoms with Crippen molar-refractivity contribution < 1.29 is 4.74 Å². The maximum absolute atomic E-state index is 7.58. The van der Waals surface area contributed by atoms with Gasteiger partial charge in [0.2, 0.25) is 0 Å². The first-order valence-corrected chi connectivity index (χ1v) is 12.7. The van der Waals surface area contributed by atoms with Crippen LogP contribution in [0.4, 0.5) is 0 Å². The third kappa shape index (κ3) is 1.42. The van der Waals surface area contributed by atoms with E-state index in [2.05, 4.69) is 54.6 Å². The lowest BCUT2D eigenvalue weighted by atomic mass is 9.59. The smallest absolute Gasteiger partial charge is 0.108 e. The van der Waals surface area contributed by atoms with Gasteiger partial charge in [-0.25, -0.2) is 0 Å². The summed E-state index contributed by atoms with van der Waals surface area (Å²) in [6.45, 7) is 0. The van der Waals surface area contributed by atoms with E-state index in [1.807, 2.05) is 0 Å². The van der Waals surface area contributed by atoms with Crippen molar-refractivity contribution in [2.24, 2.45) is 47.3 Å². The Labute approximate surface area is 179 Å². The van der Waals surface area contributed by atoms with E-state index in [4.69, 9.17) is 4.74 Å². The fraction of sp³-hybridized carbons (Fsp3) is 0.586. The number of hydrogen-bond acceptors (Lipinski definition) is 1. The van der Waals surface area contributed by atoms with E-state index in [9.17, 15) is 0 Å². The third-order valence-electron chi connectivity index (χ3n) is 11.5. The molecule has 6 bridgehead atoms. The third-order valence-corrected chi connectivity index (χ3v) is 11.5. The lowest BCUT2D eigenvalue weighted by Gasteiger charge is -2.50. The number of benzene rings is 2. The van der Waals surface area contributed by atoms with Crippen molar-refractivity contribution in [3.8, 4) is 0 Å². The van der Waals surface area contributed by atoms with Gasteiger partial charge in [0.05, 0.1) is 6.10 Å². The summed E-state index contributed by atoms with van der Waals surface area (Å²) in [6.07, 6.45) is 9.17. The second kappa shape index (κ2) is 4.90. The maximum Gasteiger partial charge on any atom is 0.108 e. The van der Waals surface area contributed by atoms with Crippen LogP contribution in [0.5, 0.6) is 0 Å². The fourth-order valence-electron chi connectivity index (χ4n) is 11.2. The Morgan fingerprint density at radius 1 is 0.667 bits per heavy atom. The molecule has 2 aromatic rings. The van der Waals surface area contributed by atoms with Gasteiger partial charge in [-0.1, -0.05) is 54.6 Å². The van der Waals surface area contributed by atoms with E-state index in [0.29, 0.717) is 6.10 Å². The molecule has 6 fully saturated rings. The van der Waals surface area contributed by atoms with Crippen LogP contribution < -0.4 is 0 Å². The molecule has 0 amide bonds. The monoisotopic (exact) mass is 394 g/mol. The van der Waals surface area contributed by atoms with Crippen molar-refractivity contribution in [3.05, 3.63) is 71.3 Å². The van der Waals surface area contributed by atoms with Crippen molar-refractivity contribution in [3.63, 3.8) is 0 Å². The van der Waals surface area contributed by atoms with E-state index in [1.54, 1.807) is 11.1 Å². The zero-order chi connectivity index (χ0) is 19.2. The molecule has 1 heteroatoms. The summed E-state index contributed by atoms with van der Waals surface area (Å²) in [5.74, 6) is 6.92. The van der Waals surface area contributed by atoms with Crippen molar-refractivity contribution in [2.45, 2.75) is 55.6 Å². The van der Waals surface area contributed by atoms with Gasteiger partial charge < -0.3 is 4.74 Å². The summed E-state index contributed by atoms with van der Waals surface area (Å²) in [7, 11) is 0. The number of fused-ring (bicyclic) bond motifs is 13. The molecule has 5 saturated carbocycles. The lowest BCUT2D eigenvalue weighted by Crippen LogP contribution is -2.51. The highest BCUT2D eigenvalue weighted by Gasteiger charge is 2.88. The van der Waals surface area contributed by atoms with Crippen molar-refractivity contribution in [2.75, 3.05) is 0 Å². The highest BCUT2D eigenvalue weighted by atomic mass is 16.5. The summed E-state index contributed by atoms with van der Waals surface area (Å²) >= 11 is 0. The number of rotatable bonds is 1. The average Bonchev–Trinajstić information content (AvgIpc) is 3.42. The second-order valence-corrected chi connectivity index (χ2v) is 11.9. The van der Waals surface area contributed by atoms with Gasteiger partial charge in [-0.3, -0.25) is 0 Å². The van der Waals surface area contributed by atoms with E-state index in [0.717, 1.165) is 47.3 Å². The second-order valence-electron chi connectivity index (χ2n) is 11.9. The Morgan fingerprint density at radius 2 is 1.30 bits per heavy atom. The van der Waals surface area contributed by atoms with Crippen molar-refractivity contribution in [1.82, 2.24) is 0 Å². The molecule has 9 rings (SSSR count). The average molecular weight is 395 g/mol. The van der Waals surface area contributed by atoms with Gasteiger partial charge in [0.25, 0.3) is 0 Å². The lowest BCUT2D eigenvalue weighted by molar-refractivity contribution is -0.129. The van der Waals surface area contributed by atoms with Gasteiger partial charge in [-0.2, -0.15) is 0 Å². The summed E-state index contributed by atoms with van der Waals surface area (Å²) in [5.41, 5.74) is 5.05. The predicted molar refractivity (Wildman–Crippen MR) is 116 cm³/mol. The van der Waals surface area contributed by atoms with Crippen LogP contribution in [-0.4, -0.2) is 0 Å². The highest BCUT2D eigenvalue weighted by Crippen LogP contribution is 2.88. The van der Waals surface area contributed by atoms with Crippen molar-refractivity contribution >= 4 is 0 Å². The van der Waals surface area contributed by atoms with Crippen LogP contribution in [0.3, 0.4) is 0 Å². The number of hydrogen-bond donors (Lipinski definition) is 0. The zero-order valence-electron chi connectivity index (χ0n) is 17.5. The van der Waals surface area contributed by atoms with Gasteiger partial charge in [0, 0.05) is 11.3 Å². The molecule has 2 aromatic carbocycles. The molecule has 6 aliphatic carbocycles. The molecule has 7 aliphatic rings. The van der Waals surface area contributed by atoms with Crippen LogP contribution in [0.25, 0.3) is 0 Å². The van der Waals surface area contributed by atoms with E-state index < -0.39 is 0 Å². The Hall–Kier alpha value is -1.60. The van der Waals surface area contributed by atoms with Crippen LogP contribution in [0.15, 0.2) is 54.6 Å². The first-order chi connectivity index (χ1) is 14.9. The molecule has 1 aliphatic heterocycles. The highest BCUT2D eigenvalue weighted by molar-refractivity contribution is 5.57. The standard InChI is InChI=1S/C29H30O/c1-2-6-20(7-3-1)29-24-17-11-10-16(14-17)23(24)27(30-29)21-8-4-5-9-22(21)28(29)25-18-12-13-19(15-18)26(25)28/h1-9,16-19,23-27H,10-15H2/t16-,17+,18?,19?,23?,24?,25?,26?,27-,28?,29-/m0/s1. The van der Waals surface area contributed by atoms with E-state index >= 15 is 0 Å². The Bertz CT molecular complexity index is 1060. The summed E-state index contributed by atoms with van der Waals surface area (Å²) < 4.78 is 7.58. The molecule has 1 spiro atoms. The predicted octanol–water partition coefficient (Wildman–Crippen LogP) is 6.24. The van der Waals surface area contributed by atoms with Crippen LogP contribution >= 0.6 is 0 Å². The molecular weight excluding hydrogens is 364 g/mol. The minimum absolute atomic E-state index is 0.0611. The van der Waals surface area contributed by atoms with Gasteiger partial charge in [0.15, 0.2) is 0 Å². The minimum atomic E-state index is -0.0611. The van der Waals surface area contributed by atoms with Gasteiger partial charge in [0.1, 0.15) is 5.60 Å². The molecule has 30 heavy (non-hydrogen) atoms. The van der Waals surface area contributed by atoms with Gasteiger partial charge in [-0.15, -0.1) is 0 Å². The topological polar surface area (TPSA) is 9.23 Å². The summed E-state index contributed by atoms with van der Waals surface area (Å²) in [6, 6.07) is 21.3. The van der Waals surface area contributed by atoms with E-state index in [-0.39, 0.29) is 11.0 Å². The molecule has 10 atom stereocenters. The molecule has 152 valence electrons. The first-order valence-electron chi connectivity index (χ1n) is 12.7. The van der Waals surface area contributed by atoms with Crippen LogP contribution in [0.1, 0.15) is 61.3 Å². The van der Waals surface area contributed by atoms with E-state index in [1.165, 1.54) is 44.1 Å². The number of ether oxygens (including phenoxy) is 1. The van der Waals surface area contributed by atoms with Crippen LogP contribution in [-0.2, 0) is 15.8 Å². The maximum atomic E-state index is 7.58. The minimum Gasteiger partial charge on any atom is -0.361 e. The SMILES string of the molecule is c1ccc([C@@]23O[C@@H](c4ccccc4C24C2C5CCC(C5)C24)C2C3[C@@H]3CC[C@H]2C3)cc1. The van der Waals surface area contributed by atoms with Crippen LogP contribution in [0, 0.1) is 47.3 Å². The van der Waals surface area contributed by atoms with Crippen LogP contribution in [0.2, 0.25) is 0 Å². The molecule has 1 saturated heterocycles. The zero-order valence-corrected chi connectivity index (χ0v) is 17.5. The Balaban J connectivity index is 1.39. The normalized spacial score (nSPS) is 55.0. The Morgan fingerprint density at radius 3 is 2.10 bits per heavy atom. The molecule has 1 nitrogen and oxygen atoms in total.